The molecule has 2 aromatic carbocycles. The lowest BCUT2D eigenvalue weighted by Gasteiger charge is -2.29. The molecule has 4 rings (SSSR count). The van der Waals surface area contributed by atoms with Gasteiger partial charge in [-0.25, -0.2) is 0 Å². The van der Waals surface area contributed by atoms with Gasteiger partial charge in [0, 0.05) is 31.7 Å². The van der Waals surface area contributed by atoms with Crippen molar-refractivity contribution in [1.82, 2.24) is 9.80 Å². The monoisotopic (exact) mass is 520 g/mol. The Kier molecular flexibility index (Phi) is 8.58. The van der Waals surface area contributed by atoms with Crippen molar-refractivity contribution in [2.45, 2.75) is 52.5 Å². The number of amides is 1. The largest absolute Gasteiger partial charge is 0.507 e. The summed E-state index contributed by atoms with van der Waals surface area (Å²) in [5.41, 5.74) is 3.38. The minimum Gasteiger partial charge on any atom is -0.507 e. The minimum absolute atomic E-state index is 0.0298. The molecule has 2 fully saturated rings. The van der Waals surface area contributed by atoms with Crippen LogP contribution in [0.2, 0.25) is 0 Å². The third-order valence-corrected chi connectivity index (χ3v) is 7.37. The van der Waals surface area contributed by atoms with E-state index < -0.39 is 17.7 Å². The molecular weight excluding hydrogens is 480 g/mol. The number of morpholine rings is 1. The van der Waals surface area contributed by atoms with Gasteiger partial charge in [0.2, 0.25) is 0 Å². The molecule has 2 aromatic rings. The predicted octanol–water partition coefficient (Wildman–Crippen LogP) is 4.84. The Morgan fingerprint density at radius 3 is 2.34 bits per heavy atom. The molecule has 1 amide bonds. The normalized spacial score (nSPS) is 20.2. The lowest BCUT2D eigenvalue weighted by Crippen LogP contribution is -2.39. The molecule has 2 saturated heterocycles. The molecule has 7 nitrogen and oxygen atoms in total. The highest BCUT2D eigenvalue weighted by Crippen LogP contribution is 2.40. The number of benzene rings is 2. The predicted molar refractivity (Wildman–Crippen MR) is 148 cm³/mol. The van der Waals surface area contributed by atoms with Crippen LogP contribution in [0.25, 0.3) is 5.76 Å². The van der Waals surface area contributed by atoms with E-state index >= 15 is 0 Å². The lowest BCUT2D eigenvalue weighted by atomic mass is 9.85. The highest BCUT2D eigenvalue weighted by atomic mass is 16.5. The summed E-state index contributed by atoms with van der Waals surface area (Å²) in [5, 5.41) is 11.5. The van der Waals surface area contributed by atoms with Crippen molar-refractivity contribution in [3.63, 3.8) is 0 Å². The average Bonchev–Trinajstić information content (AvgIpc) is 3.14. The molecule has 0 aliphatic carbocycles. The van der Waals surface area contributed by atoms with E-state index in [1.807, 2.05) is 44.2 Å². The number of Topliss-reactive ketones (excluding diaryl/α,β-unsaturated/α-hetero) is 1. The van der Waals surface area contributed by atoms with Crippen molar-refractivity contribution in [2.75, 3.05) is 46.0 Å². The maximum Gasteiger partial charge on any atom is 0.295 e. The van der Waals surface area contributed by atoms with Crippen LogP contribution in [0.5, 0.6) is 5.75 Å². The zero-order valence-corrected chi connectivity index (χ0v) is 23.3. The first kappa shape index (κ1) is 27.9. The Hall–Kier alpha value is -3.16. The number of carbonyl (C=O) groups is 2. The van der Waals surface area contributed by atoms with Crippen LogP contribution in [-0.2, 0) is 19.7 Å². The smallest absolute Gasteiger partial charge is 0.295 e. The van der Waals surface area contributed by atoms with Gasteiger partial charge < -0.3 is 19.5 Å². The van der Waals surface area contributed by atoms with Gasteiger partial charge >= 0.3 is 0 Å². The number of likely N-dealkylation sites (tertiary alicyclic amines) is 1. The van der Waals surface area contributed by atoms with E-state index in [0.29, 0.717) is 37.7 Å². The number of ketones is 1. The Morgan fingerprint density at radius 2 is 1.74 bits per heavy atom. The number of carbonyl (C=O) groups excluding carboxylic acids is 2. The second kappa shape index (κ2) is 11.7. The second-order valence-electron chi connectivity index (χ2n) is 11.1. The van der Waals surface area contributed by atoms with Crippen LogP contribution in [0.15, 0.2) is 48.0 Å². The summed E-state index contributed by atoms with van der Waals surface area (Å²) in [6, 6.07) is 12.8. The van der Waals surface area contributed by atoms with Gasteiger partial charge in [0.15, 0.2) is 0 Å². The molecule has 0 saturated carbocycles. The Bertz CT molecular complexity index is 1190. The number of rotatable bonds is 8. The number of aliphatic hydroxyl groups is 1. The first-order valence-corrected chi connectivity index (χ1v) is 13.5. The number of aliphatic hydroxyl groups excluding tert-OH is 1. The second-order valence-corrected chi connectivity index (χ2v) is 11.1. The highest BCUT2D eigenvalue weighted by molar-refractivity contribution is 6.46. The third kappa shape index (κ3) is 5.94. The zero-order valence-electron chi connectivity index (χ0n) is 23.3. The Balaban J connectivity index is 1.71. The molecule has 0 bridgehead atoms. The van der Waals surface area contributed by atoms with Crippen molar-refractivity contribution in [3.05, 3.63) is 70.3 Å². The minimum atomic E-state index is -0.653. The standard InChI is InChI=1S/C31H40N2O5/c1-6-38-24-12-13-25(21(2)20-24)28(34)26-27(22-8-10-23(11-9-22)31(3,4)5)33(30(36)29(26)35)15-7-14-32-16-18-37-19-17-32/h8-13,20,27,34H,6-7,14-19H2,1-5H3/t27-/m0/s1. The molecule has 2 aliphatic rings. The van der Waals surface area contributed by atoms with Crippen LogP contribution in [0, 0.1) is 6.92 Å². The summed E-state index contributed by atoms with van der Waals surface area (Å²) in [5.74, 6) is -0.669. The van der Waals surface area contributed by atoms with Crippen LogP contribution < -0.4 is 4.74 Å². The van der Waals surface area contributed by atoms with Crippen molar-refractivity contribution in [2.24, 2.45) is 0 Å². The number of aryl methyl sites for hydroxylation is 1. The molecule has 7 heteroatoms. The van der Waals surface area contributed by atoms with E-state index in [1.165, 1.54) is 0 Å². The molecule has 0 aromatic heterocycles. The Labute approximate surface area is 226 Å². The summed E-state index contributed by atoms with van der Waals surface area (Å²) in [6.45, 7) is 15.2. The maximum absolute atomic E-state index is 13.4. The maximum atomic E-state index is 13.4. The summed E-state index contributed by atoms with van der Waals surface area (Å²) in [6.07, 6.45) is 0.728. The summed E-state index contributed by atoms with van der Waals surface area (Å²) in [4.78, 5) is 30.7. The lowest BCUT2D eigenvalue weighted by molar-refractivity contribution is -0.140. The number of nitrogens with zero attached hydrogens (tertiary/aromatic N) is 2. The molecule has 1 N–H and O–H groups in total. The van der Waals surface area contributed by atoms with Gasteiger partial charge in [-0.2, -0.15) is 0 Å². The van der Waals surface area contributed by atoms with Crippen molar-refractivity contribution in [1.29, 1.82) is 0 Å². The number of ether oxygens (including phenoxy) is 2. The average molecular weight is 521 g/mol. The molecule has 2 heterocycles. The van der Waals surface area contributed by atoms with Crippen molar-refractivity contribution >= 4 is 17.4 Å². The first-order valence-electron chi connectivity index (χ1n) is 13.5. The molecule has 1 atom stereocenters. The van der Waals surface area contributed by atoms with E-state index in [1.54, 1.807) is 17.0 Å². The summed E-state index contributed by atoms with van der Waals surface area (Å²) < 4.78 is 11.0. The van der Waals surface area contributed by atoms with E-state index in [-0.39, 0.29) is 16.7 Å². The first-order chi connectivity index (χ1) is 18.1. The van der Waals surface area contributed by atoms with Gasteiger partial charge in [-0.1, -0.05) is 45.0 Å². The summed E-state index contributed by atoms with van der Waals surface area (Å²) in [7, 11) is 0. The van der Waals surface area contributed by atoms with Gasteiger partial charge in [0.1, 0.15) is 11.5 Å². The van der Waals surface area contributed by atoms with Crippen LogP contribution in [0.1, 0.15) is 62.4 Å². The molecule has 0 spiro atoms. The van der Waals surface area contributed by atoms with Crippen molar-refractivity contribution in [3.8, 4) is 5.75 Å². The zero-order chi connectivity index (χ0) is 27.4. The molecule has 2 aliphatic heterocycles. The van der Waals surface area contributed by atoms with Crippen molar-refractivity contribution < 1.29 is 24.2 Å². The fraction of sp³-hybridized carbons (Fsp3) is 0.484. The van der Waals surface area contributed by atoms with Gasteiger partial charge in [0.05, 0.1) is 31.4 Å². The molecule has 38 heavy (non-hydrogen) atoms. The van der Waals surface area contributed by atoms with Gasteiger partial charge in [0.25, 0.3) is 11.7 Å². The third-order valence-electron chi connectivity index (χ3n) is 7.37. The summed E-state index contributed by atoms with van der Waals surface area (Å²) >= 11 is 0. The molecule has 0 radical (unpaired) electrons. The number of hydrogen-bond donors (Lipinski definition) is 1. The van der Waals surface area contributed by atoms with E-state index in [9.17, 15) is 14.7 Å². The fourth-order valence-electron chi connectivity index (χ4n) is 5.22. The fourth-order valence-corrected chi connectivity index (χ4v) is 5.22. The SMILES string of the molecule is CCOc1ccc(C(O)=C2C(=O)C(=O)N(CCCN3CCOCC3)[C@H]2c2ccc(C(C)(C)C)cc2)c(C)c1. The van der Waals surface area contributed by atoms with E-state index in [0.717, 1.165) is 42.7 Å². The molecule has 0 unspecified atom stereocenters. The van der Waals surface area contributed by atoms with E-state index in [4.69, 9.17) is 9.47 Å². The topological polar surface area (TPSA) is 79.3 Å². The van der Waals surface area contributed by atoms with Gasteiger partial charge in [-0.15, -0.1) is 0 Å². The van der Waals surface area contributed by atoms with Gasteiger partial charge in [-0.3, -0.25) is 14.5 Å². The van der Waals surface area contributed by atoms with E-state index in [2.05, 4.69) is 25.7 Å². The van der Waals surface area contributed by atoms with Crippen LogP contribution >= 0.6 is 0 Å². The van der Waals surface area contributed by atoms with Crippen LogP contribution in [0.4, 0.5) is 0 Å². The van der Waals surface area contributed by atoms with Gasteiger partial charge in [-0.05, 0) is 60.6 Å². The molecular formula is C31H40N2O5. The highest BCUT2D eigenvalue weighted by Gasteiger charge is 2.46. The molecule has 204 valence electrons. The van der Waals surface area contributed by atoms with Crippen LogP contribution in [0.3, 0.4) is 0 Å². The number of hydrogen-bond acceptors (Lipinski definition) is 6. The van der Waals surface area contributed by atoms with Crippen LogP contribution in [-0.4, -0.2) is 72.6 Å². The quantitative estimate of drug-likeness (QED) is 0.305. The Morgan fingerprint density at radius 1 is 1.05 bits per heavy atom.